The number of halogens is 1. The minimum absolute atomic E-state index is 0.212. The quantitative estimate of drug-likeness (QED) is 0.894. The van der Waals surface area contributed by atoms with Crippen LogP contribution in [0.25, 0.3) is 0 Å². The lowest BCUT2D eigenvalue weighted by atomic mass is 10.1. The van der Waals surface area contributed by atoms with Crippen LogP contribution < -0.4 is 0 Å². The lowest BCUT2D eigenvalue weighted by Crippen LogP contribution is -2.14. The highest BCUT2D eigenvalue weighted by Gasteiger charge is 2.26. The number of rotatable bonds is 2. The van der Waals surface area contributed by atoms with Gasteiger partial charge in [0.15, 0.2) is 0 Å². The minimum atomic E-state index is -1.12. The molecule has 0 saturated heterocycles. The Morgan fingerprint density at radius 1 is 1.53 bits per heavy atom. The molecule has 2 rings (SSSR count). The zero-order valence-corrected chi connectivity index (χ0v) is 9.27. The molecule has 1 heterocycles. The highest BCUT2D eigenvalue weighted by molar-refractivity contribution is 9.10. The van der Waals surface area contributed by atoms with Crippen LogP contribution in [0.5, 0.6) is 0 Å². The molecule has 15 heavy (non-hydrogen) atoms. The number of carboxylic acid groups (broad SMARTS) is 1. The van der Waals surface area contributed by atoms with Gasteiger partial charge >= 0.3 is 5.97 Å². The summed E-state index contributed by atoms with van der Waals surface area (Å²) >= 11 is 3.38. The molecular formula is C10H8BrNO3. The Labute approximate surface area is 94.7 Å². The molecule has 1 aromatic rings. The smallest absolute Gasteiger partial charge is 0.391 e. The molecule has 1 aromatic carbocycles. The molecule has 78 valence electrons. The minimum Gasteiger partial charge on any atom is -0.474 e. The van der Waals surface area contributed by atoms with E-state index in [2.05, 4.69) is 20.9 Å². The highest BCUT2D eigenvalue weighted by Crippen LogP contribution is 2.29. The number of hydrogen-bond donors (Lipinski definition) is 1. The van der Waals surface area contributed by atoms with Gasteiger partial charge in [0, 0.05) is 10.0 Å². The average Bonchev–Trinajstić information content (AvgIpc) is 2.67. The molecule has 0 aliphatic carbocycles. The van der Waals surface area contributed by atoms with Crippen LogP contribution in [0, 0.1) is 0 Å². The van der Waals surface area contributed by atoms with E-state index in [0.29, 0.717) is 6.54 Å². The van der Waals surface area contributed by atoms with E-state index < -0.39 is 5.97 Å². The number of carboxylic acids is 1. The number of aliphatic imine (C=N–C) groups is 1. The fourth-order valence-electron chi connectivity index (χ4n) is 1.39. The maximum absolute atomic E-state index is 10.6. The zero-order valence-electron chi connectivity index (χ0n) is 7.68. The first kappa shape index (κ1) is 10.2. The standard InChI is InChI=1S/C10H8BrNO3/c11-7-4-2-1-3-6(7)8-5-12-9(15-8)10(13)14/h1-4,8H,5H2,(H,13,14). The highest BCUT2D eigenvalue weighted by atomic mass is 79.9. The van der Waals surface area contributed by atoms with E-state index in [0.717, 1.165) is 10.0 Å². The summed E-state index contributed by atoms with van der Waals surface area (Å²) in [4.78, 5) is 14.4. The summed E-state index contributed by atoms with van der Waals surface area (Å²) in [6.07, 6.45) is -0.299. The number of ether oxygens (including phenoxy) is 1. The van der Waals surface area contributed by atoms with Gasteiger partial charge in [-0.3, -0.25) is 0 Å². The Hall–Kier alpha value is -1.36. The molecule has 0 aromatic heterocycles. The van der Waals surface area contributed by atoms with E-state index in [9.17, 15) is 4.79 Å². The van der Waals surface area contributed by atoms with Gasteiger partial charge in [0.25, 0.3) is 5.90 Å². The van der Waals surface area contributed by atoms with Crippen LogP contribution in [0.4, 0.5) is 0 Å². The molecule has 0 amide bonds. The Morgan fingerprint density at radius 2 is 2.27 bits per heavy atom. The Morgan fingerprint density at radius 3 is 2.87 bits per heavy atom. The van der Waals surface area contributed by atoms with Crippen molar-refractivity contribution in [1.29, 1.82) is 0 Å². The third kappa shape index (κ3) is 2.02. The molecule has 0 saturated carbocycles. The SMILES string of the molecule is O=C(O)C1=NCC(c2ccccc2Br)O1. The van der Waals surface area contributed by atoms with Crippen molar-refractivity contribution >= 4 is 27.8 Å². The third-order valence-corrected chi connectivity index (χ3v) is 2.81. The van der Waals surface area contributed by atoms with Crippen molar-refractivity contribution in [2.75, 3.05) is 6.54 Å². The molecule has 1 aliphatic heterocycles. The lowest BCUT2D eigenvalue weighted by Gasteiger charge is -2.11. The van der Waals surface area contributed by atoms with Gasteiger partial charge in [0.1, 0.15) is 6.10 Å². The number of aliphatic carboxylic acids is 1. The molecule has 0 fully saturated rings. The molecule has 0 bridgehead atoms. The maximum Gasteiger partial charge on any atom is 0.391 e. The molecule has 0 spiro atoms. The van der Waals surface area contributed by atoms with Crippen molar-refractivity contribution in [3.8, 4) is 0 Å². The van der Waals surface area contributed by atoms with Crippen molar-refractivity contribution in [2.45, 2.75) is 6.10 Å². The van der Waals surface area contributed by atoms with E-state index in [1.54, 1.807) is 0 Å². The number of benzene rings is 1. The molecule has 1 atom stereocenters. The fourth-order valence-corrected chi connectivity index (χ4v) is 1.93. The summed E-state index contributed by atoms with van der Waals surface area (Å²) < 4.78 is 6.11. The van der Waals surface area contributed by atoms with Crippen LogP contribution in [-0.4, -0.2) is 23.5 Å². The monoisotopic (exact) mass is 269 g/mol. The topological polar surface area (TPSA) is 58.9 Å². The number of carbonyl (C=O) groups is 1. The molecule has 4 nitrogen and oxygen atoms in total. The van der Waals surface area contributed by atoms with Gasteiger partial charge in [-0.15, -0.1) is 0 Å². The Kier molecular flexibility index (Phi) is 2.73. The molecular weight excluding hydrogens is 262 g/mol. The van der Waals surface area contributed by atoms with Gasteiger partial charge < -0.3 is 9.84 Å². The fraction of sp³-hybridized carbons (Fsp3) is 0.200. The summed E-state index contributed by atoms with van der Waals surface area (Å²) in [6.45, 7) is 0.351. The van der Waals surface area contributed by atoms with Gasteiger partial charge in [-0.2, -0.15) is 0 Å². The average molecular weight is 270 g/mol. The summed E-state index contributed by atoms with van der Waals surface area (Å²) in [5, 5.41) is 8.68. The van der Waals surface area contributed by atoms with Crippen LogP contribution in [0.15, 0.2) is 33.7 Å². The van der Waals surface area contributed by atoms with Gasteiger partial charge in [0.2, 0.25) is 0 Å². The van der Waals surface area contributed by atoms with Crippen LogP contribution >= 0.6 is 15.9 Å². The summed E-state index contributed by atoms with van der Waals surface area (Å²) in [7, 11) is 0. The van der Waals surface area contributed by atoms with Crippen molar-refractivity contribution in [1.82, 2.24) is 0 Å². The molecule has 1 unspecified atom stereocenters. The predicted molar refractivity (Wildman–Crippen MR) is 57.9 cm³/mol. The number of nitrogens with zero attached hydrogens (tertiary/aromatic N) is 1. The molecule has 1 aliphatic rings. The maximum atomic E-state index is 10.6. The first-order chi connectivity index (χ1) is 7.18. The predicted octanol–water partition coefficient (Wildman–Crippen LogP) is 2.00. The van der Waals surface area contributed by atoms with Crippen LogP contribution in [0.3, 0.4) is 0 Å². The largest absolute Gasteiger partial charge is 0.474 e. The molecule has 5 heteroatoms. The van der Waals surface area contributed by atoms with Crippen molar-refractivity contribution in [3.63, 3.8) is 0 Å². The van der Waals surface area contributed by atoms with Gasteiger partial charge in [-0.05, 0) is 6.07 Å². The lowest BCUT2D eigenvalue weighted by molar-refractivity contribution is -0.131. The Bertz CT molecular complexity index is 430. The Balaban J connectivity index is 2.17. The van der Waals surface area contributed by atoms with E-state index in [1.165, 1.54) is 0 Å². The van der Waals surface area contributed by atoms with Crippen molar-refractivity contribution in [2.24, 2.45) is 4.99 Å². The number of hydrogen-bond acceptors (Lipinski definition) is 3. The van der Waals surface area contributed by atoms with E-state index in [4.69, 9.17) is 9.84 Å². The first-order valence-electron chi connectivity index (χ1n) is 4.37. The third-order valence-electron chi connectivity index (χ3n) is 2.09. The van der Waals surface area contributed by atoms with Gasteiger partial charge in [-0.25, -0.2) is 9.79 Å². The molecule has 1 N–H and O–H groups in total. The van der Waals surface area contributed by atoms with Crippen LogP contribution in [0.1, 0.15) is 11.7 Å². The second-order valence-electron chi connectivity index (χ2n) is 3.08. The van der Waals surface area contributed by atoms with E-state index in [1.807, 2.05) is 24.3 Å². The summed E-state index contributed by atoms with van der Waals surface area (Å²) in [5.41, 5.74) is 0.914. The van der Waals surface area contributed by atoms with E-state index >= 15 is 0 Å². The second-order valence-corrected chi connectivity index (χ2v) is 3.93. The van der Waals surface area contributed by atoms with E-state index in [-0.39, 0.29) is 12.0 Å². The van der Waals surface area contributed by atoms with Crippen molar-refractivity contribution < 1.29 is 14.6 Å². The van der Waals surface area contributed by atoms with Crippen LogP contribution in [-0.2, 0) is 9.53 Å². The summed E-state index contributed by atoms with van der Waals surface area (Å²) in [6, 6.07) is 7.54. The first-order valence-corrected chi connectivity index (χ1v) is 5.16. The normalized spacial score (nSPS) is 19.5. The van der Waals surface area contributed by atoms with Crippen LogP contribution in [0.2, 0.25) is 0 Å². The van der Waals surface area contributed by atoms with Crippen molar-refractivity contribution in [3.05, 3.63) is 34.3 Å². The summed E-state index contributed by atoms with van der Waals surface area (Å²) in [5.74, 6) is -1.33. The van der Waals surface area contributed by atoms with Gasteiger partial charge in [0.05, 0.1) is 6.54 Å². The molecule has 0 radical (unpaired) electrons. The zero-order chi connectivity index (χ0) is 10.8. The van der Waals surface area contributed by atoms with Gasteiger partial charge in [-0.1, -0.05) is 34.1 Å². The second kappa shape index (κ2) is 4.02.